The Labute approximate surface area is 440 Å². The average Bonchev–Trinajstić information content (AvgIpc) is 4.13. The highest BCUT2D eigenvalue weighted by atomic mass is 32.2. The van der Waals surface area contributed by atoms with Gasteiger partial charge in [0, 0.05) is 37.7 Å². The van der Waals surface area contributed by atoms with E-state index in [1.807, 2.05) is 11.8 Å². The zero-order valence-corrected chi connectivity index (χ0v) is 41.6. The maximum Gasteiger partial charge on any atom is 0.132 e. The second-order valence-corrected chi connectivity index (χ2v) is 21.3. The number of para-hydroxylation sites is 3. The van der Waals surface area contributed by atoms with Crippen molar-refractivity contribution >= 4 is 39.6 Å². The molecular weight excluding hydrogens is 927 g/mol. The molecule has 0 saturated heterocycles. The van der Waals surface area contributed by atoms with Crippen LogP contribution in [-0.2, 0) is 10.8 Å². The summed E-state index contributed by atoms with van der Waals surface area (Å²) >= 11 is 1.89. The predicted molar refractivity (Wildman–Crippen MR) is 308 cm³/mol. The van der Waals surface area contributed by atoms with Crippen molar-refractivity contribution in [2.45, 2.75) is 20.6 Å². The number of hydrogen-bond acceptors (Lipinski definition) is 3. The van der Waals surface area contributed by atoms with Crippen LogP contribution in [-0.4, -0.2) is 0 Å². The van der Waals surface area contributed by atoms with E-state index in [2.05, 4.69) is 278 Å². The van der Waals surface area contributed by atoms with Crippen LogP contribution in [0.2, 0.25) is 0 Å². The molecule has 0 radical (unpaired) electrons. The first-order chi connectivity index (χ1) is 37.2. The highest BCUT2D eigenvalue weighted by molar-refractivity contribution is 7.99. The van der Waals surface area contributed by atoms with Crippen LogP contribution in [0.4, 0.5) is 17.1 Å². The summed E-state index contributed by atoms with van der Waals surface area (Å²) in [5.74, 6) is 1.77. The van der Waals surface area contributed by atoms with Crippen LogP contribution in [0, 0.1) is 0 Å². The van der Waals surface area contributed by atoms with Gasteiger partial charge in [-0.15, -0.1) is 0 Å². The normalized spacial score (nSPS) is 14.1. The Morgan fingerprint density at radius 1 is 0.293 bits per heavy atom. The Kier molecular flexibility index (Phi) is 9.14. The molecule has 0 atom stereocenters. The Morgan fingerprint density at radius 2 is 0.800 bits per heavy atom. The number of nitrogens with zero attached hydrogens (tertiary/aromatic N) is 1. The fourth-order valence-electron chi connectivity index (χ4n) is 13.6. The molecule has 2 heterocycles. The average molecular weight is 972 g/mol. The van der Waals surface area contributed by atoms with E-state index in [0.717, 1.165) is 50.8 Å². The molecule has 0 unspecified atom stereocenters. The Hall–Kier alpha value is -9.15. The van der Waals surface area contributed by atoms with Gasteiger partial charge in [0.15, 0.2) is 0 Å². The molecule has 0 amide bonds. The Morgan fingerprint density at radius 3 is 1.51 bits per heavy atom. The Balaban J connectivity index is 0.955. The van der Waals surface area contributed by atoms with Gasteiger partial charge in [-0.05, 0) is 138 Å². The molecule has 12 aromatic carbocycles. The lowest BCUT2D eigenvalue weighted by atomic mass is 9.66. The van der Waals surface area contributed by atoms with E-state index >= 15 is 0 Å². The van der Waals surface area contributed by atoms with Crippen molar-refractivity contribution in [1.29, 1.82) is 0 Å². The van der Waals surface area contributed by atoms with Gasteiger partial charge in [-0.3, -0.25) is 0 Å². The summed E-state index contributed by atoms with van der Waals surface area (Å²) < 4.78 is 6.77. The third-order valence-corrected chi connectivity index (χ3v) is 17.7. The lowest BCUT2D eigenvalue weighted by Crippen LogP contribution is -2.32. The molecule has 0 N–H and O–H groups in total. The minimum Gasteiger partial charge on any atom is -0.457 e. The van der Waals surface area contributed by atoms with E-state index in [1.165, 1.54) is 87.3 Å². The quantitative estimate of drug-likeness (QED) is 0.171. The first-order valence-electron chi connectivity index (χ1n) is 25.9. The van der Waals surface area contributed by atoms with Crippen molar-refractivity contribution in [2.75, 3.05) is 4.90 Å². The van der Waals surface area contributed by atoms with Gasteiger partial charge >= 0.3 is 0 Å². The lowest BCUT2D eigenvalue weighted by Gasteiger charge is -2.39. The summed E-state index contributed by atoms with van der Waals surface area (Å²) in [6.45, 7) is 0. The Bertz CT molecular complexity index is 4230. The molecule has 2 aliphatic carbocycles. The van der Waals surface area contributed by atoms with E-state index in [-0.39, 0.29) is 0 Å². The summed E-state index contributed by atoms with van der Waals surface area (Å²) in [4.78, 5) is 5.16. The van der Waals surface area contributed by atoms with Crippen LogP contribution >= 0.6 is 11.8 Å². The van der Waals surface area contributed by atoms with Crippen LogP contribution in [0.3, 0.4) is 0 Å². The molecule has 75 heavy (non-hydrogen) atoms. The molecule has 350 valence electrons. The molecule has 2 aliphatic heterocycles. The van der Waals surface area contributed by atoms with E-state index < -0.39 is 10.8 Å². The third-order valence-electron chi connectivity index (χ3n) is 16.6. The summed E-state index contributed by atoms with van der Waals surface area (Å²) in [6, 6.07) is 101. The zero-order valence-electron chi connectivity index (χ0n) is 40.7. The number of hydrogen-bond donors (Lipinski definition) is 0. The minimum absolute atomic E-state index is 0.451. The van der Waals surface area contributed by atoms with Gasteiger partial charge in [0.05, 0.1) is 22.2 Å². The van der Waals surface area contributed by atoms with Gasteiger partial charge in [0.1, 0.15) is 11.5 Å². The van der Waals surface area contributed by atoms with E-state index in [1.54, 1.807) is 0 Å². The monoisotopic (exact) mass is 971 g/mol. The number of anilines is 3. The lowest BCUT2D eigenvalue weighted by molar-refractivity contribution is 0.436. The molecular formula is C72H45NOS. The van der Waals surface area contributed by atoms with Crippen molar-refractivity contribution in [3.63, 3.8) is 0 Å². The van der Waals surface area contributed by atoms with Crippen molar-refractivity contribution < 1.29 is 4.74 Å². The largest absolute Gasteiger partial charge is 0.457 e. The van der Waals surface area contributed by atoms with Crippen molar-refractivity contribution in [2.24, 2.45) is 0 Å². The summed E-state index contributed by atoms with van der Waals surface area (Å²) in [5, 5.41) is 2.40. The van der Waals surface area contributed by atoms with Gasteiger partial charge in [-0.25, -0.2) is 0 Å². The number of ether oxygens (including phenoxy) is 1. The van der Waals surface area contributed by atoms with Crippen LogP contribution in [0.5, 0.6) is 11.5 Å². The van der Waals surface area contributed by atoms with Crippen LogP contribution in [0.1, 0.15) is 44.5 Å². The molecule has 0 bridgehead atoms. The fourth-order valence-corrected chi connectivity index (χ4v) is 14.8. The molecule has 0 aromatic heterocycles. The third kappa shape index (κ3) is 5.87. The number of benzene rings is 12. The fraction of sp³-hybridized carbons (Fsp3) is 0.0278. The maximum absolute atomic E-state index is 6.77. The highest BCUT2D eigenvalue weighted by Crippen LogP contribution is 2.66. The molecule has 3 heteroatoms. The van der Waals surface area contributed by atoms with Gasteiger partial charge in [0.2, 0.25) is 0 Å². The number of fused-ring (bicyclic) bond motifs is 19. The smallest absolute Gasteiger partial charge is 0.132 e. The highest BCUT2D eigenvalue weighted by Gasteiger charge is 2.53. The van der Waals surface area contributed by atoms with Gasteiger partial charge in [0.25, 0.3) is 0 Å². The molecule has 4 aliphatic rings. The maximum atomic E-state index is 6.77. The van der Waals surface area contributed by atoms with E-state index in [4.69, 9.17) is 4.74 Å². The van der Waals surface area contributed by atoms with E-state index in [9.17, 15) is 0 Å². The topological polar surface area (TPSA) is 12.5 Å². The van der Waals surface area contributed by atoms with Crippen LogP contribution in [0.15, 0.2) is 283 Å². The second kappa shape index (κ2) is 16.2. The summed E-state index contributed by atoms with van der Waals surface area (Å²) in [6.07, 6.45) is 0. The predicted octanol–water partition coefficient (Wildman–Crippen LogP) is 18.9. The van der Waals surface area contributed by atoms with Crippen LogP contribution < -0.4 is 9.64 Å². The first kappa shape index (κ1) is 42.4. The summed E-state index contributed by atoms with van der Waals surface area (Å²) in [5.41, 5.74) is 22.1. The van der Waals surface area contributed by atoms with Gasteiger partial charge < -0.3 is 9.64 Å². The molecule has 2 nitrogen and oxygen atoms in total. The van der Waals surface area contributed by atoms with Crippen molar-refractivity contribution in [3.8, 4) is 56.0 Å². The summed E-state index contributed by atoms with van der Waals surface area (Å²) in [7, 11) is 0. The first-order valence-corrected chi connectivity index (χ1v) is 26.7. The molecule has 2 spiro atoms. The molecule has 12 aromatic rings. The zero-order chi connectivity index (χ0) is 49.2. The molecule has 16 rings (SSSR count). The van der Waals surface area contributed by atoms with Crippen molar-refractivity contribution in [1.82, 2.24) is 0 Å². The minimum atomic E-state index is -0.617. The van der Waals surface area contributed by atoms with Crippen LogP contribution in [0.25, 0.3) is 55.3 Å². The SMILES string of the molecule is c1ccc(-c2ccc(-c3ccccc3N(c3ccc4cc5c(cc4c3)-c3ccccc3C53c4ccccc4Sc4ccccc43)c3cccc4c3-c3ccccc3C43c4ccccc4Oc4ccccc43)cc2)cc1. The van der Waals surface area contributed by atoms with Gasteiger partial charge in [-0.2, -0.15) is 0 Å². The number of rotatable bonds is 5. The van der Waals surface area contributed by atoms with Gasteiger partial charge in [-0.1, -0.05) is 224 Å². The standard InChI is InChI=1S/C72H45NOS/c1-2-19-46(20-3-1)47-37-39-48(40-38-47)52-21-6-13-31-64(52)73(65-32-18-30-62-70(65)54-23-5-8-25-57(54)71(62)58-26-9-14-33-66(58)74-67-34-15-10-27-59(67)71)51-42-41-49-45-63-55(44-50(49)43-51)53-22-4-7-24-56(53)72(63)60-28-11-16-35-68(60)75-69-36-17-12-29-61(69)72/h1-45H. The second-order valence-electron chi connectivity index (χ2n) is 20.2. The molecule has 0 fully saturated rings. The van der Waals surface area contributed by atoms with E-state index in [0.29, 0.717) is 0 Å². The molecule has 0 saturated carbocycles. The van der Waals surface area contributed by atoms with Crippen molar-refractivity contribution in [3.05, 3.63) is 317 Å².